The first-order valence-electron chi connectivity index (χ1n) is 3.08. The predicted octanol–water partition coefficient (Wildman–Crippen LogP) is -0.0803. The number of hydrogen-bond donors (Lipinski definition) is 1. The molecule has 0 heterocycles. The van der Waals surface area contributed by atoms with Crippen LogP contribution in [0.1, 0.15) is 13.3 Å². The highest BCUT2D eigenvalue weighted by molar-refractivity contribution is 7.89. The summed E-state index contributed by atoms with van der Waals surface area (Å²) in [6.07, 6.45) is 0.795. The molecule has 0 atom stereocenters. The fourth-order valence-electron chi connectivity index (χ4n) is 0.454. The summed E-state index contributed by atoms with van der Waals surface area (Å²) < 4.78 is 28.3. The minimum Gasteiger partial charge on any atom is -0.367 e. The molecule has 0 amide bonds. The van der Waals surface area contributed by atoms with Gasteiger partial charge in [-0.05, 0) is 6.42 Å². The summed E-state index contributed by atoms with van der Waals surface area (Å²) in [6, 6.07) is 0. The molecule has 0 spiro atoms. The molecule has 0 unspecified atom stereocenters. The van der Waals surface area contributed by atoms with E-state index in [9.17, 15) is 8.42 Å². The van der Waals surface area contributed by atoms with Gasteiger partial charge in [0.1, 0.15) is 0 Å². The third-order valence-electron chi connectivity index (χ3n) is 0.845. The number of hydrogen-bond acceptors (Lipinski definition) is 3. The SMILES string of the molecule is CCCNS(=O)(=O)COC. The Hall–Kier alpha value is -0.130. The van der Waals surface area contributed by atoms with Gasteiger partial charge in [-0.1, -0.05) is 6.92 Å². The first-order valence-corrected chi connectivity index (χ1v) is 4.74. The van der Waals surface area contributed by atoms with Gasteiger partial charge in [-0.2, -0.15) is 0 Å². The molecule has 4 nitrogen and oxygen atoms in total. The molecule has 0 aromatic carbocycles. The normalized spacial score (nSPS) is 11.8. The van der Waals surface area contributed by atoms with Gasteiger partial charge >= 0.3 is 0 Å². The summed E-state index contributed by atoms with van der Waals surface area (Å²) >= 11 is 0. The Balaban J connectivity index is 3.65. The quantitative estimate of drug-likeness (QED) is 0.623. The van der Waals surface area contributed by atoms with E-state index < -0.39 is 10.0 Å². The minimum absolute atomic E-state index is 0.257. The highest BCUT2D eigenvalue weighted by Gasteiger charge is 2.05. The monoisotopic (exact) mass is 167 g/mol. The van der Waals surface area contributed by atoms with Gasteiger partial charge in [-0.25, -0.2) is 13.1 Å². The second-order valence-corrected chi connectivity index (χ2v) is 3.67. The van der Waals surface area contributed by atoms with E-state index in [4.69, 9.17) is 0 Å². The molecule has 0 aromatic rings. The van der Waals surface area contributed by atoms with Crippen LogP contribution >= 0.6 is 0 Å². The number of ether oxygens (including phenoxy) is 1. The van der Waals surface area contributed by atoms with Crippen molar-refractivity contribution in [2.24, 2.45) is 0 Å². The summed E-state index contributed by atoms with van der Waals surface area (Å²) in [5.41, 5.74) is 0. The molecule has 0 fully saturated rings. The van der Waals surface area contributed by atoms with Gasteiger partial charge < -0.3 is 4.74 Å². The Morgan fingerprint density at radius 3 is 2.50 bits per heavy atom. The Morgan fingerprint density at radius 2 is 2.10 bits per heavy atom. The second kappa shape index (κ2) is 4.65. The van der Waals surface area contributed by atoms with Crippen LogP contribution in [0.15, 0.2) is 0 Å². The van der Waals surface area contributed by atoms with Crippen molar-refractivity contribution in [2.45, 2.75) is 13.3 Å². The van der Waals surface area contributed by atoms with Crippen LogP contribution < -0.4 is 4.72 Å². The smallest absolute Gasteiger partial charge is 0.235 e. The van der Waals surface area contributed by atoms with Crippen molar-refractivity contribution in [3.8, 4) is 0 Å². The molecule has 0 rings (SSSR count). The van der Waals surface area contributed by atoms with Crippen molar-refractivity contribution < 1.29 is 13.2 Å². The van der Waals surface area contributed by atoms with Crippen LogP contribution in [0.25, 0.3) is 0 Å². The lowest BCUT2D eigenvalue weighted by Crippen LogP contribution is -2.27. The molecular formula is C5H13NO3S. The summed E-state index contributed by atoms with van der Waals surface area (Å²) in [6.45, 7) is 2.38. The number of sulfonamides is 1. The summed E-state index contributed by atoms with van der Waals surface area (Å²) in [5.74, 6) is -0.257. The molecule has 0 aliphatic rings. The fraction of sp³-hybridized carbons (Fsp3) is 1.00. The first-order chi connectivity index (χ1) is 4.62. The summed E-state index contributed by atoms with van der Waals surface area (Å²) in [5, 5.41) is 0. The number of methoxy groups -OCH3 is 1. The molecule has 0 aromatic heterocycles. The van der Waals surface area contributed by atoms with Gasteiger partial charge in [-0.3, -0.25) is 0 Å². The lowest BCUT2D eigenvalue weighted by molar-refractivity contribution is 0.248. The van der Waals surface area contributed by atoms with Gasteiger partial charge in [0.15, 0.2) is 5.94 Å². The minimum atomic E-state index is -3.17. The van der Waals surface area contributed by atoms with Crippen molar-refractivity contribution in [3.63, 3.8) is 0 Å². The maximum absolute atomic E-state index is 10.8. The molecule has 0 bridgehead atoms. The van der Waals surface area contributed by atoms with Crippen molar-refractivity contribution in [1.29, 1.82) is 0 Å². The van der Waals surface area contributed by atoms with Crippen LogP contribution in [0.4, 0.5) is 0 Å². The van der Waals surface area contributed by atoms with Gasteiger partial charge in [0, 0.05) is 13.7 Å². The maximum Gasteiger partial charge on any atom is 0.235 e. The van der Waals surface area contributed by atoms with Crippen LogP contribution in [0, 0.1) is 0 Å². The highest BCUT2D eigenvalue weighted by atomic mass is 32.2. The zero-order chi connectivity index (χ0) is 8.04. The lowest BCUT2D eigenvalue weighted by Gasteiger charge is -2.02. The topological polar surface area (TPSA) is 55.4 Å². The average molecular weight is 167 g/mol. The number of rotatable bonds is 5. The van der Waals surface area contributed by atoms with Crippen molar-refractivity contribution in [1.82, 2.24) is 4.72 Å². The molecule has 0 aliphatic carbocycles. The lowest BCUT2D eigenvalue weighted by atomic mass is 10.5. The molecule has 62 valence electrons. The predicted molar refractivity (Wildman–Crippen MR) is 39.1 cm³/mol. The molecule has 5 heteroatoms. The van der Waals surface area contributed by atoms with Crippen molar-refractivity contribution >= 4 is 10.0 Å². The van der Waals surface area contributed by atoms with E-state index in [-0.39, 0.29) is 5.94 Å². The number of nitrogens with one attached hydrogen (secondary N) is 1. The first kappa shape index (κ1) is 9.87. The Kier molecular flexibility index (Phi) is 4.59. The molecule has 1 N–H and O–H groups in total. The van der Waals surface area contributed by atoms with E-state index in [2.05, 4.69) is 9.46 Å². The zero-order valence-corrected chi connectivity index (χ0v) is 7.07. The Bertz CT molecular complexity index is 164. The Labute approximate surface area is 61.6 Å². The average Bonchev–Trinajstić information content (AvgIpc) is 1.84. The fourth-order valence-corrected chi connectivity index (χ4v) is 1.36. The summed E-state index contributed by atoms with van der Waals surface area (Å²) in [7, 11) is -1.81. The molecular weight excluding hydrogens is 154 g/mol. The van der Waals surface area contributed by atoms with Crippen LogP contribution in [0.3, 0.4) is 0 Å². The van der Waals surface area contributed by atoms with Gasteiger partial charge in [0.25, 0.3) is 0 Å². The molecule has 10 heavy (non-hydrogen) atoms. The largest absolute Gasteiger partial charge is 0.367 e. The van der Waals surface area contributed by atoms with E-state index in [0.717, 1.165) is 6.42 Å². The standard InChI is InChI=1S/C5H13NO3S/c1-3-4-6-10(7,8)5-9-2/h6H,3-5H2,1-2H3. The van der Waals surface area contributed by atoms with Gasteiger partial charge in [0.2, 0.25) is 10.0 Å². The third-order valence-corrected chi connectivity index (χ3v) is 2.03. The van der Waals surface area contributed by atoms with Crippen molar-refractivity contribution in [2.75, 3.05) is 19.6 Å². The third kappa shape index (κ3) is 4.72. The Morgan fingerprint density at radius 1 is 1.50 bits per heavy atom. The van der Waals surface area contributed by atoms with Crippen LogP contribution in [-0.2, 0) is 14.8 Å². The second-order valence-electron chi connectivity index (χ2n) is 1.92. The van der Waals surface area contributed by atoms with Gasteiger partial charge in [0.05, 0.1) is 0 Å². The van der Waals surface area contributed by atoms with Crippen LogP contribution in [-0.4, -0.2) is 28.0 Å². The van der Waals surface area contributed by atoms with Crippen molar-refractivity contribution in [3.05, 3.63) is 0 Å². The highest BCUT2D eigenvalue weighted by Crippen LogP contribution is 1.83. The molecule has 0 aliphatic heterocycles. The molecule has 0 saturated carbocycles. The van der Waals surface area contributed by atoms with E-state index in [0.29, 0.717) is 6.54 Å². The van der Waals surface area contributed by atoms with E-state index >= 15 is 0 Å². The molecule has 0 radical (unpaired) electrons. The molecule has 0 saturated heterocycles. The van der Waals surface area contributed by atoms with E-state index in [1.54, 1.807) is 0 Å². The van der Waals surface area contributed by atoms with Gasteiger partial charge in [-0.15, -0.1) is 0 Å². The van der Waals surface area contributed by atoms with Crippen LogP contribution in [0.2, 0.25) is 0 Å². The zero-order valence-electron chi connectivity index (χ0n) is 6.25. The van der Waals surface area contributed by atoms with E-state index in [1.165, 1.54) is 7.11 Å². The van der Waals surface area contributed by atoms with E-state index in [1.807, 2.05) is 6.92 Å². The maximum atomic E-state index is 10.8. The van der Waals surface area contributed by atoms with Crippen LogP contribution in [0.5, 0.6) is 0 Å². The summed E-state index contributed by atoms with van der Waals surface area (Å²) in [4.78, 5) is 0.